The average molecular weight is 385 g/mol. The van der Waals surface area contributed by atoms with Crippen LogP contribution in [0.2, 0.25) is 10.0 Å². The van der Waals surface area contributed by atoms with Crippen molar-refractivity contribution in [2.75, 3.05) is 12.4 Å². The van der Waals surface area contributed by atoms with E-state index in [0.29, 0.717) is 21.3 Å². The molecule has 0 radical (unpaired) electrons. The Hall–Kier alpha value is -1.86. The molecule has 0 saturated carbocycles. The molecule has 5 nitrogen and oxygen atoms in total. The first-order valence-corrected chi connectivity index (χ1v) is 9.03. The quantitative estimate of drug-likeness (QED) is 0.773. The Kier molecular flexibility index (Phi) is 6.01. The highest BCUT2D eigenvalue weighted by Crippen LogP contribution is 2.20. The van der Waals surface area contributed by atoms with Gasteiger partial charge in [-0.25, -0.2) is 13.1 Å². The van der Waals surface area contributed by atoms with Crippen molar-refractivity contribution >= 4 is 50.9 Å². The number of hydrogen-bond donors (Lipinski definition) is 2. The second kappa shape index (κ2) is 7.81. The molecule has 0 aliphatic rings. The van der Waals surface area contributed by atoms with Crippen molar-refractivity contribution in [1.82, 2.24) is 4.72 Å². The molecule has 24 heavy (non-hydrogen) atoms. The zero-order chi connectivity index (χ0) is 17.7. The molecule has 2 rings (SSSR count). The number of amides is 1. The Balaban J connectivity index is 2.12. The smallest absolute Gasteiger partial charge is 0.248 e. The van der Waals surface area contributed by atoms with Crippen LogP contribution in [0, 0.1) is 0 Å². The molecule has 0 aromatic heterocycles. The molecule has 2 aromatic carbocycles. The van der Waals surface area contributed by atoms with Gasteiger partial charge >= 0.3 is 0 Å². The Morgan fingerprint density at radius 3 is 2.38 bits per heavy atom. The van der Waals surface area contributed by atoms with Gasteiger partial charge in [0.25, 0.3) is 0 Å². The molecule has 1 amide bonds. The molecule has 0 spiro atoms. The molecule has 126 valence electrons. The van der Waals surface area contributed by atoms with Gasteiger partial charge in [-0.15, -0.1) is 0 Å². The normalized spacial score (nSPS) is 11.6. The molecule has 0 heterocycles. The third-order valence-electron chi connectivity index (χ3n) is 2.99. The fourth-order valence-electron chi connectivity index (χ4n) is 1.89. The molecule has 0 unspecified atom stereocenters. The van der Waals surface area contributed by atoms with Gasteiger partial charge in [0.1, 0.15) is 0 Å². The van der Waals surface area contributed by atoms with Gasteiger partial charge in [-0.3, -0.25) is 4.79 Å². The predicted molar refractivity (Wildman–Crippen MR) is 96.8 cm³/mol. The van der Waals surface area contributed by atoms with Crippen LogP contribution in [0.15, 0.2) is 53.4 Å². The van der Waals surface area contributed by atoms with Gasteiger partial charge < -0.3 is 5.32 Å². The van der Waals surface area contributed by atoms with Gasteiger partial charge in [-0.2, -0.15) is 0 Å². The Bertz CT molecular complexity index is 876. The molecule has 0 aliphatic carbocycles. The maximum atomic E-state index is 12.0. The number of benzene rings is 2. The minimum absolute atomic E-state index is 0.0633. The van der Waals surface area contributed by atoms with E-state index in [1.54, 1.807) is 36.4 Å². The number of anilines is 1. The summed E-state index contributed by atoms with van der Waals surface area (Å²) in [5.74, 6) is -0.412. The molecule has 0 aliphatic heterocycles. The van der Waals surface area contributed by atoms with Crippen LogP contribution in [-0.2, 0) is 14.8 Å². The summed E-state index contributed by atoms with van der Waals surface area (Å²) in [5.41, 5.74) is 1.04. The van der Waals surface area contributed by atoms with Gasteiger partial charge in [-0.05, 0) is 55.1 Å². The van der Waals surface area contributed by atoms with Gasteiger partial charge in [-0.1, -0.05) is 29.3 Å². The Morgan fingerprint density at radius 1 is 1.08 bits per heavy atom. The summed E-state index contributed by atoms with van der Waals surface area (Å²) in [6, 6.07) is 10.9. The molecule has 0 fully saturated rings. The van der Waals surface area contributed by atoms with Crippen molar-refractivity contribution in [2.45, 2.75) is 4.90 Å². The van der Waals surface area contributed by atoms with E-state index in [9.17, 15) is 13.2 Å². The Labute approximate surface area is 150 Å². The number of halogens is 2. The second-order valence-corrected chi connectivity index (χ2v) is 7.52. The van der Waals surface area contributed by atoms with Crippen LogP contribution in [0.1, 0.15) is 5.56 Å². The first-order chi connectivity index (χ1) is 11.3. The average Bonchev–Trinajstić information content (AvgIpc) is 2.52. The van der Waals surface area contributed by atoms with Crippen LogP contribution < -0.4 is 10.0 Å². The van der Waals surface area contributed by atoms with Crippen molar-refractivity contribution in [3.8, 4) is 0 Å². The molecular weight excluding hydrogens is 371 g/mol. The number of sulfonamides is 1. The van der Waals surface area contributed by atoms with Gasteiger partial charge in [0.05, 0.1) is 4.90 Å². The fourth-order valence-corrected chi connectivity index (χ4v) is 3.20. The summed E-state index contributed by atoms with van der Waals surface area (Å²) in [6.07, 6.45) is 2.86. The van der Waals surface area contributed by atoms with E-state index in [1.807, 2.05) is 0 Å². The van der Waals surface area contributed by atoms with Crippen LogP contribution in [0.3, 0.4) is 0 Å². The van der Waals surface area contributed by atoms with Crippen LogP contribution in [0.25, 0.3) is 6.08 Å². The lowest BCUT2D eigenvalue weighted by atomic mass is 10.2. The fraction of sp³-hybridized carbons (Fsp3) is 0.0625. The minimum atomic E-state index is -3.57. The van der Waals surface area contributed by atoms with Crippen LogP contribution in [0.4, 0.5) is 5.69 Å². The second-order valence-electron chi connectivity index (χ2n) is 4.76. The van der Waals surface area contributed by atoms with Crippen molar-refractivity contribution in [2.24, 2.45) is 0 Å². The molecule has 0 saturated heterocycles. The maximum Gasteiger partial charge on any atom is 0.248 e. The summed E-state index contributed by atoms with van der Waals surface area (Å²) < 4.78 is 25.7. The zero-order valence-corrected chi connectivity index (χ0v) is 14.9. The van der Waals surface area contributed by atoms with E-state index < -0.39 is 15.9 Å². The van der Waals surface area contributed by atoms with Crippen LogP contribution in [-0.4, -0.2) is 21.4 Å². The summed E-state index contributed by atoms with van der Waals surface area (Å²) in [7, 11) is -2.25. The summed E-state index contributed by atoms with van der Waals surface area (Å²) in [6.45, 7) is 0. The van der Waals surface area contributed by atoms with Crippen LogP contribution >= 0.6 is 23.2 Å². The number of carbonyl (C=O) groups excluding carboxylic acids is 1. The van der Waals surface area contributed by atoms with Gasteiger partial charge in [0.2, 0.25) is 15.9 Å². The maximum absolute atomic E-state index is 12.0. The van der Waals surface area contributed by atoms with Crippen LogP contribution in [0.5, 0.6) is 0 Å². The molecule has 2 aromatic rings. The number of nitrogens with one attached hydrogen (secondary N) is 2. The SMILES string of the molecule is CNS(=O)(=O)c1cccc(NC(=O)/C=C/c2cc(Cl)cc(Cl)c2)c1. The summed E-state index contributed by atoms with van der Waals surface area (Å²) in [5, 5.41) is 3.52. The Morgan fingerprint density at radius 2 is 1.75 bits per heavy atom. The third-order valence-corrected chi connectivity index (χ3v) is 4.84. The molecular formula is C16H14Cl2N2O3S. The number of rotatable bonds is 5. The predicted octanol–water partition coefficient (Wildman–Crippen LogP) is 3.55. The lowest BCUT2D eigenvalue weighted by Crippen LogP contribution is -2.18. The minimum Gasteiger partial charge on any atom is -0.322 e. The van der Waals surface area contributed by atoms with Gasteiger partial charge in [0.15, 0.2) is 0 Å². The number of hydrogen-bond acceptors (Lipinski definition) is 3. The summed E-state index contributed by atoms with van der Waals surface area (Å²) >= 11 is 11.8. The van der Waals surface area contributed by atoms with Crippen molar-refractivity contribution < 1.29 is 13.2 Å². The lowest BCUT2D eigenvalue weighted by molar-refractivity contribution is -0.111. The monoisotopic (exact) mass is 384 g/mol. The molecule has 8 heteroatoms. The molecule has 2 N–H and O–H groups in total. The largest absolute Gasteiger partial charge is 0.322 e. The highest BCUT2D eigenvalue weighted by molar-refractivity contribution is 7.89. The molecule has 0 atom stereocenters. The first kappa shape index (κ1) is 18.5. The van der Waals surface area contributed by atoms with E-state index >= 15 is 0 Å². The highest BCUT2D eigenvalue weighted by Gasteiger charge is 2.11. The van der Waals surface area contributed by atoms with E-state index in [0.717, 1.165) is 0 Å². The van der Waals surface area contributed by atoms with E-state index in [1.165, 1.54) is 25.3 Å². The highest BCUT2D eigenvalue weighted by atomic mass is 35.5. The summed E-state index contributed by atoms with van der Waals surface area (Å²) in [4.78, 5) is 12.0. The topological polar surface area (TPSA) is 75.3 Å². The molecule has 0 bridgehead atoms. The first-order valence-electron chi connectivity index (χ1n) is 6.79. The van der Waals surface area contributed by atoms with Gasteiger partial charge in [0, 0.05) is 21.8 Å². The van der Waals surface area contributed by atoms with E-state index in [4.69, 9.17) is 23.2 Å². The zero-order valence-electron chi connectivity index (χ0n) is 12.6. The standard InChI is InChI=1S/C16H14Cl2N2O3S/c1-19-24(22,23)15-4-2-3-14(10-15)20-16(21)6-5-11-7-12(17)9-13(18)8-11/h2-10,19H,1H3,(H,20,21)/b6-5+. The van der Waals surface area contributed by atoms with E-state index in [-0.39, 0.29) is 4.90 Å². The van der Waals surface area contributed by atoms with Crippen molar-refractivity contribution in [1.29, 1.82) is 0 Å². The lowest BCUT2D eigenvalue weighted by Gasteiger charge is -2.06. The van der Waals surface area contributed by atoms with Crippen molar-refractivity contribution in [3.05, 3.63) is 64.1 Å². The van der Waals surface area contributed by atoms with E-state index in [2.05, 4.69) is 10.0 Å². The number of carbonyl (C=O) groups is 1. The third kappa shape index (κ3) is 5.07. The van der Waals surface area contributed by atoms with Crippen molar-refractivity contribution in [3.63, 3.8) is 0 Å².